The summed E-state index contributed by atoms with van der Waals surface area (Å²) in [6, 6.07) is 0. The average Bonchev–Trinajstić information content (AvgIpc) is 2.28. The van der Waals surface area contributed by atoms with E-state index in [0.29, 0.717) is 5.69 Å². The van der Waals surface area contributed by atoms with E-state index in [0.717, 1.165) is 5.69 Å². The predicted molar refractivity (Wildman–Crippen MR) is 50.4 cm³/mol. The van der Waals surface area contributed by atoms with Crippen molar-refractivity contribution in [3.63, 3.8) is 0 Å². The van der Waals surface area contributed by atoms with Gasteiger partial charge in [-0.05, 0) is 0 Å². The largest absolute Gasteiger partial charge is 0.364 e. The highest BCUT2D eigenvalue weighted by atomic mass is 16.1. The number of rotatable bonds is 1. The molecule has 2 N–H and O–H groups in total. The van der Waals surface area contributed by atoms with E-state index in [4.69, 9.17) is 5.73 Å². The molecule has 0 aliphatic heterocycles. The van der Waals surface area contributed by atoms with Crippen LogP contribution in [0.3, 0.4) is 0 Å². The standard InChI is InChI=1S/C9H15N3O/c1-9(2,3)7-6(8(10)13)11-5-12(7)4/h5H,1-4H3,(H2,10,13). The minimum atomic E-state index is -0.467. The maximum Gasteiger partial charge on any atom is 0.269 e. The third kappa shape index (κ3) is 1.71. The van der Waals surface area contributed by atoms with Crippen molar-refractivity contribution in [3.8, 4) is 0 Å². The minimum absolute atomic E-state index is 0.115. The summed E-state index contributed by atoms with van der Waals surface area (Å²) < 4.78 is 1.83. The Morgan fingerprint density at radius 1 is 1.54 bits per heavy atom. The quantitative estimate of drug-likeness (QED) is 0.697. The van der Waals surface area contributed by atoms with Gasteiger partial charge in [-0.2, -0.15) is 0 Å². The number of nitrogens with zero attached hydrogens (tertiary/aromatic N) is 2. The molecule has 1 rings (SSSR count). The molecule has 4 nitrogen and oxygen atoms in total. The Kier molecular flexibility index (Phi) is 2.15. The first-order valence-electron chi connectivity index (χ1n) is 4.15. The Morgan fingerprint density at radius 3 is 2.38 bits per heavy atom. The van der Waals surface area contributed by atoms with E-state index in [1.165, 1.54) is 0 Å². The summed E-state index contributed by atoms with van der Waals surface area (Å²) >= 11 is 0. The van der Waals surface area contributed by atoms with Crippen molar-refractivity contribution in [2.45, 2.75) is 26.2 Å². The average molecular weight is 181 g/mol. The predicted octanol–water partition coefficient (Wildman–Crippen LogP) is 0.816. The molecule has 13 heavy (non-hydrogen) atoms. The highest BCUT2D eigenvalue weighted by Crippen LogP contribution is 2.24. The summed E-state index contributed by atoms with van der Waals surface area (Å²) in [6.07, 6.45) is 1.61. The van der Waals surface area contributed by atoms with Crippen molar-refractivity contribution in [1.82, 2.24) is 9.55 Å². The van der Waals surface area contributed by atoms with Crippen molar-refractivity contribution >= 4 is 5.91 Å². The van der Waals surface area contributed by atoms with Gasteiger partial charge in [-0.3, -0.25) is 4.79 Å². The van der Waals surface area contributed by atoms with Crippen molar-refractivity contribution < 1.29 is 4.79 Å². The third-order valence-electron chi connectivity index (χ3n) is 1.88. The Labute approximate surface area is 77.8 Å². The number of carbonyl (C=O) groups excluding carboxylic acids is 1. The Morgan fingerprint density at radius 2 is 2.08 bits per heavy atom. The molecule has 1 amide bonds. The number of nitrogens with two attached hydrogens (primary N) is 1. The van der Waals surface area contributed by atoms with Gasteiger partial charge in [0.1, 0.15) is 5.69 Å². The third-order valence-corrected chi connectivity index (χ3v) is 1.88. The molecule has 72 valence electrons. The normalized spacial score (nSPS) is 11.7. The van der Waals surface area contributed by atoms with Gasteiger partial charge in [0, 0.05) is 12.5 Å². The summed E-state index contributed by atoms with van der Waals surface area (Å²) in [4.78, 5) is 15.0. The fourth-order valence-corrected chi connectivity index (χ4v) is 1.49. The number of carbonyl (C=O) groups is 1. The zero-order chi connectivity index (χ0) is 10.2. The van der Waals surface area contributed by atoms with Crippen molar-refractivity contribution in [3.05, 3.63) is 17.7 Å². The van der Waals surface area contributed by atoms with Crippen LogP contribution in [0.1, 0.15) is 37.0 Å². The molecule has 0 fully saturated rings. The maximum atomic E-state index is 11.0. The number of amides is 1. The van der Waals surface area contributed by atoms with Gasteiger partial charge in [0.2, 0.25) is 0 Å². The molecule has 0 aliphatic carbocycles. The van der Waals surface area contributed by atoms with Gasteiger partial charge >= 0.3 is 0 Å². The molecule has 0 saturated carbocycles. The van der Waals surface area contributed by atoms with Crippen molar-refractivity contribution in [2.75, 3.05) is 0 Å². The van der Waals surface area contributed by atoms with Gasteiger partial charge in [-0.15, -0.1) is 0 Å². The van der Waals surface area contributed by atoms with Gasteiger partial charge in [0.15, 0.2) is 0 Å². The zero-order valence-corrected chi connectivity index (χ0v) is 8.46. The van der Waals surface area contributed by atoms with Crippen molar-refractivity contribution in [1.29, 1.82) is 0 Å². The first-order valence-corrected chi connectivity index (χ1v) is 4.15. The van der Waals surface area contributed by atoms with E-state index in [2.05, 4.69) is 4.98 Å². The van der Waals surface area contributed by atoms with Gasteiger partial charge in [0.25, 0.3) is 5.91 Å². The summed E-state index contributed by atoms with van der Waals surface area (Å²) in [5, 5.41) is 0. The SMILES string of the molecule is Cn1cnc(C(N)=O)c1C(C)(C)C. The lowest BCUT2D eigenvalue weighted by atomic mass is 9.90. The molecule has 4 heteroatoms. The fraction of sp³-hybridized carbons (Fsp3) is 0.556. The van der Waals surface area contributed by atoms with E-state index >= 15 is 0 Å². The van der Waals surface area contributed by atoms with Gasteiger partial charge < -0.3 is 10.3 Å². The number of aryl methyl sites for hydroxylation is 1. The molecule has 0 bridgehead atoms. The van der Waals surface area contributed by atoms with Crippen LogP contribution in [0.4, 0.5) is 0 Å². The molecule has 0 spiro atoms. The van der Waals surface area contributed by atoms with E-state index in [1.54, 1.807) is 6.33 Å². The lowest BCUT2D eigenvalue weighted by molar-refractivity contribution is 0.0993. The molecule has 0 atom stereocenters. The Hall–Kier alpha value is -1.32. The number of aromatic nitrogens is 2. The van der Waals surface area contributed by atoms with Crippen LogP contribution in [0.25, 0.3) is 0 Å². The lowest BCUT2D eigenvalue weighted by Gasteiger charge is -2.20. The maximum absolute atomic E-state index is 11.0. The second-order valence-electron chi connectivity index (χ2n) is 4.17. The summed E-state index contributed by atoms with van der Waals surface area (Å²) in [7, 11) is 1.86. The fourth-order valence-electron chi connectivity index (χ4n) is 1.49. The van der Waals surface area contributed by atoms with Crippen LogP contribution in [-0.2, 0) is 12.5 Å². The molecule has 0 radical (unpaired) electrons. The number of primary amides is 1. The smallest absolute Gasteiger partial charge is 0.269 e. The topological polar surface area (TPSA) is 60.9 Å². The van der Waals surface area contributed by atoms with Crippen LogP contribution in [0.2, 0.25) is 0 Å². The Bertz CT molecular complexity index is 333. The molecular formula is C9H15N3O. The minimum Gasteiger partial charge on any atom is -0.364 e. The van der Waals surface area contributed by atoms with Crippen LogP contribution in [0, 0.1) is 0 Å². The summed E-state index contributed by atoms with van der Waals surface area (Å²) in [5.74, 6) is -0.467. The van der Waals surface area contributed by atoms with E-state index in [-0.39, 0.29) is 5.41 Å². The second-order valence-corrected chi connectivity index (χ2v) is 4.17. The van der Waals surface area contributed by atoms with E-state index in [9.17, 15) is 4.79 Å². The summed E-state index contributed by atoms with van der Waals surface area (Å²) in [5.41, 5.74) is 6.34. The first-order chi connectivity index (χ1) is 5.84. The second kappa shape index (κ2) is 2.87. The summed E-state index contributed by atoms with van der Waals surface area (Å²) in [6.45, 7) is 6.07. The van der Waals surface area contributed by atoms with Crippen LogP contribution < -0.4 is 5.73 Å². The van der Waals surface area contributed by atoms with Gasteiger partial charge in [-0.25, -0.2) is 4.98 Å². The van der Waals surface area contributed by atoms with Crippen LogP contribution >= 0.6 is 0 Å². The Balaban J connectivity index is 3.33. The van der Waals surface area contributed by atoms with Gasteiger partial charge in [0.05, 0.1) is 12.0 Å². The molecule has 1 aromatic heterocycles. The van der Waals surface area contributed by atoms with Crippen LogP contribution in [0.5, 0.6) is 0 Å². The highest BCUT2D eigenvalue weighted by molar-refractivity contribution is 5.92. The van der Waals surface area contributed by atoms with Crippen LogP contribution in [-0.4, -0.2) is 15.5 Å². The molecular weight excluding hydrogens is 166 g/mol. The number of imidazole rings is 1. The molecule has 0 saturated heterocycles. The number of hydrogen-bond donors (Lipinski definition) is 1. The van der Waals surface area contributed by atoms with E-state index in [1.807, 2.05) is 32.4 Å². The van der Waals surface area contributed by atoms with E-state index < -0.39 is 5.91 Å². The number of hydrogen-bond acceptors (Lipinski definition) is 2. The zero-order valence-electron chi connectivity index (χ0n) is 8.46. The molecule has 0 aromatic carbocycles. The van der Waals surface area contributed by atoms with Crippen LogP contribution in [0.15, 0.2) is 6.33 Å². The molecule has 0 unspecified atom stereocenters. The monoisotopic (exact) mass is 181 g/mol. The first kappa shape index (κ1) is 9.77. The molecule has 1 aromatic rings. The lowest BCUT2D eigenvalue weighted by Crippen LogP contribution is -2.23. The molecule has 1 heterocycles. The highest BCUT2D eigenvalue weighted by Gasteiger charge is 2.24. The van der Waals surface area contributed by atoms with Crippen molar-refractivity contribution in [2.24, 2.45) is 12.8 Å². The van der Waals surface area contributed by atoms with Gasteiger partial charge in [-0.1, -0.05) is 20.8 Å². The molecule has 0 aliphatic rings.